The highest BCUT2D eigenvalue weighted by Crippen LogP contribution is 2.36. The number of sulfonamides is 3. The molecule has 0 aliphatic heterocycles. The Bertz CT molecular complexity index is 2260. The van der Waals surface area contributed by atoms with Crippen LogP contribution in [0.3, 0.4) is 0 Å². The zero-order chi connectivity index (χ0) is 33.1. The number of nitrogens with zero attached hydrogens (tertiary/aromatic N) is 2. The monoisotopic (exact) mass is 679 g/mol. The lowest BCUT2D eigenvalue weighted by molar-refractivity contribution is 0.464. The molecule has 0 aromatic heterocycles. The van der Waals surface area contributed by atoms with E-state index in [0.29, 0.717) is 16.7 Å². The first-order valence-corrected chi connectivity index (χ1v) is 18.6. The Morgan fingerprint density at radius 3 is 0.979 bits per heavy atom. The lowest BCUT2D eigenvalue weighted by Gasteiger charge is -2.23. The summed E-state index contributed by atoms with van der Waals surface area (Å²) in [5, 5.41) is 0. The first-order chi connectivity index (χ1) is 22.6. The van der Waals surface area contributed by atoms with Gasteiger partial charge in [-0.05, 0) is 34.9 Å². The Balaban J connectivity index is 1.58. The van der Waals surface area contributed by atoms with Gasteiger partial charge in [0, 0.05) is 25.3 Å². The van der Waals surface area contributed by atoms with Crippen molar-refractivity contribution in [2.75, 3.05) is 0 Å². The SMILES string of the molecule is O=S(=O)([N]N(S(=O)(=O)c1ccccc1-c1ccccc1)S(=O)(=O)c1ccccc1-c1ccccc1)c1ccccc1-c1ccccc1. The van der Waals surface area contributed by atoms with Crippen molar-refractivity contribution in [3.8, 4) is 33.4 Å². The third-order valence-electron chi connectivity index (χ3n) is 7.33. The molecule has 235 valence electrons. The van der Waals surface area contributed by atoms with E-state index in [4.69, 9.17) is 0 Å². The van der Waals surface area contributed by atoms with Gasteiger partial charge in [0.2, 0.25) is 0 Å². The number of hydrogen-bond acceptors (Lipinski definition) is 6. The van der Waals surface area contributed by atoms with Gasteiger partial charge in [-0.1, -0.05) is 146 Å². The summed E-state index contributed by atoms with van der Waals surface area (Å²) in [6.07, 6.45) is 0. The molecular formula is C36H27N2O6S3. The molecule has 0 heterocycles. The van der Waals surface area contributed by atoms with Crippen LogP contribution in [-0.2, 0) is 30.1 Å². The maximum Gasteiger partial charge on any atom is 0.274 e. The van der Waals surface area contributed by atoms with E-state index in [2.05, 4.69) is 4.83 Å². The maximum absolute atomic E-state index is 14.6. The summed E-state index contributed by atoms with van der Waals surface area (Å²) < 4.78 is 86.7. The Morgan fingerprint density at radius 1 is 0.340 bits per heavy atom. The van der Waals surface area contributed by atoms with Gasteiger partial charge in [-0.15, -0.1) is 0 Å². The molecule has 1 radical (unpaired) electrons. The predicted octanol–water partition coefficient (Wildman–Crippen LogP) is 6.98. The highest BCUT2D eigenvalue weighted by Gasteiger charge is 2.44. The minimum Gasteiger partial charge on any atom is -0.204 e. The minimum atomic E-state index is -5.20. The van der Waals surface area contributed by atoms with Crippen molar-refractivity contribution in [2.45, 2.75) is 14.7 Å². The number of hydrogen-bond donors (Lipinski definition) is 0. The van der Waals surface area contributed by atoms with Gasteiger partial charge in [-0.25, -0.2) is 25.3 Å². The standard InChI is InChI=1S/C36H27N2O6S3/c39-45(40,34-25-13-10-22-31(34)28-16-4-1-5-17-28)37-38(46(41,42)35-26-14-11-23-32(35)29-18-6-2-7-19-29)47(43,44)36-27-15-12-24-33(36)30-20-8-3-9-21-30/h1-27H. The molecule has 0 bridgehead atoms. The van der Waals surface area contributed by atoms with E-state index in [0.717, 1.165) is 0 Å². The van der Waals surface area contributed by atoms with E-state index < -0.39 is 39.9 Å². The molecule has 0 saturated heterocycles. The number of benzene rings is 6. The molecule has 6 aromatic carbocycles. The predicted molar refractivity (Wildman–Crippen MR) is 181 cm³/mol. The van der Waals surface area contributed by atoms with E-state index >= 15 is 0 Å². The Labute approximate surface area is 274 Å². The average molecular weight is 680 g/mol. The van der Waals surface area contributed by atoms with Gasteiger partial charge in [0.25, 0.3) is 30.1 Å². The van der Waals surface area contributed by atoms with Gasteiger partial charge in [0.15, 0.2) is 0 Å². The molecule has 0 unspecified atom stereocenters. The summed E-state index contributed by atoms with van der Waals surface area (Å²) in [5.41, 5.74) is 2.03. The van der Waals surface area contributed by atoms with Crippen LogP contribution in [-0.4, -0.2) is 29.1 Å². The molecule has 0 saturated carbocycles. The van der Waals surface area contributed by atoms with Crippen LogP contribution in [0.4, 0.5) is 0 Å². The van der Waals surface area contributed by atoms with Gasteiger partial charge < -0.3 is 0 Å². The van der Waals surface area contributed by atoms with Crippen molar-refractivity contribution in [1.29, 1.82) is 0 Å². The van der Waals surface area contributed by atoms with E-state index in [1.807, 2.05) is 0 Å². The van der Waals surface area contributed by atoms with Crippen LogP contribution in [0.5, 0.6) is 0 Å². The summed E-state index contributed by atoms with van der Waals surface area (Å²) in [5.74, 6) is 0. The smallest absolute Gasteiger partial charge is 0.204 e. The second kappa shape index (κ2) is 13.1. The van der Waals surface area contributed by atoms with Crippen LogP contribution in [0.25, 0.3) is 33.4 Å². The Kier molecular flexibility index (Phi) is 8.91. The fourth-order valence-corrected chi connectivity index (χ4v) is 10.6. The second-order valence-electron chi connectivity index (χ2n) is 10.3. The molecule has 8 nitrogen and oxygen atoms in total. The second-order valence-corrected chi connectivity index (χ2v) is 15.6. The van der Waals surface area contributed by atoms with E-state index in [1.165, 1.54) is 48.5 Å². The van der Waals surface area contributed by atoms with Gasteiger partial charge >= 0.3 is 0 Å². The van der Waals surface area contributed by atoms with Gasteiger partial charge in [-0.2, -0.15) is 0 Å². The van der Waals surface area contributed by atoms with E-state index in [-0.39, 0.29) is 25.4 Å². The van der Waals surface area contributed by atoms with Crippen LogP contribution in [0.1, 0.15) is 0 Å². The fourth-order valence-electron chi connectivity index (χ4n) is 5.16. The van der Waals surface area contributed by atoms with Gasteiger partial charge in [-0.3, -0.25) is 0 Å². The van der Waals surface area contributed by atoms with Crippen LogP contribution in [0, 0.1) is 0 Å². The van der Waals surface area contributed by atoms with Crippen LogP contribution >= 0.6 is 0 Å². The van der Waals surface area contributed by atoms with Crippen LogP contribution < -0.4 is 4.83 Å². The molecule has 0 amide bonds. The fraction of sp³-hybridized carbons (Fsp3) is 0. The summed E-state index contributed by atoms with van der Waals surface area (Å²) in [7, 11) is -15.4. The number of rotatable bonds is 10. The Hall–Kier alpha value is -4.91. The first-order valence-electron chi connectivity index (χ1n) is 14.3. The van der Waals surface area contributed by atoms with Gasteiger partial charge in [0.1, 0.15) is 0 Å². The summed E-state index contributed by atoms with van der Waals surface area (Å²) >= 11 is 0. The van der Waals surface area contributed by atoms with Crippen molar-refractivity contribution < 1.29 is 25.3 Å². The minimum absolute atomic E-state index is 0.168. The van der Waals surface area contributed by atoms with Crippen molar-refractivity contribution in [3.63, 3.8) is 0 Å². The molecule has 0 N–H and O–H groups in total. The maximum atomic E-state index is 14.6. The topological polar surface area (TPSA) is 120 Å². The van der Waals surface area contributed by atoms with Crippen LogP contribution in [0.15, 0.2) is 178 Å². The zero-order valence-electron chi connectivity index (χ0n) is 24.7. The highest BCUT2D eigenvalue weighted by molar-refractivity contribution is 8.05. The lowest BCUT2D eigenvalue weighted by atomic mass is 10.1. The largest absolute Gasteiger partial charge is 0.274 e. The first kappa shape index (κ1) is 32.0. The van der Waals surface area contributed by atoms with Crippen molar-refractivity contribution >= 4 is 30.1 Å². The lowest BCUT2D eigenvalue weighted by Crippen LogP contribution is -2.45. The van der Waals surface area contributed by atoms with E-state index in [9.17, 15) is 25.3 Å². The molecule has 0 aliphatic carbocycles. The quantitative estimate of drug-likeness (QED) is 0.144. The summed E-state index contributed by atoms with van der Waals surface area (Å²) in [6, 6.07) is 43.0. The third kappa shape index (κ3) is 6.39. The van der Waals surface area contributed by atoms with Crippen molar-refractivity contribution in [3.05, 3.63) is 164 Å². The van der Waals surface area contributed by atoms with Crippen LogP contribution in [0.2, 0.25) is 0 Å². The van der Waals surface area contributed by atoms with Gasteiger partial charge in [0.05, 0.1) is 14.7 Å². The summed E-state index contributed by atoms with van der Waals surface area (Å²) in [4.78, 5) is 2.41. The normalized spacial score (nSPS) is 12.2. The molecule has 0 aliphatic rings. The van der Waals surface area contributed by atoms with Crippen molar-refractivity contribution in [1.82, 2.24) is 8.65 Å². The average Bonchev–Trinajstić information content (AvgIpc) is 3.11. The zero-order valence-corrected chi connectivity index (χ0v) is 27.1. The highest BCUT2D eigenvalue weighted by atomic mass is 32.3. The molecule has 11 heteroatoms. The summed E-state index contributed by atoms with van der Waals surface area (Å²) in [6.45, 7) is 0. The molecular weight excluding hydrogens is 653 g/mol. The molecule has 6 aromatic rings. The molecule has 0 spiro atoms. The molecule has 6 rings (SSSR count). The third-order valence-corrected chi connectivity index (χ3v) is 12.8. The van der Waals surface area contributed by atoms with Crippen molar-refractivity contribution in [2.24, 2.45) is 0 Å². The molecule has 47 heavy (non-hydrogen) atoms. The Morgan fingerprint density at radius 2 is 0.617 bits per heavy atom. The molecule has 0 fully saturated rings. The van der Waals surface area contributed by atoms with E-state index in [1.54, 1.807) is 115 Å². The molecule has 0 atom stereocenters.